The van der Waals surface area contributed by atoms with E-state index in [9.17, 15) is 14.7 Å². The number of nitrogens with one attached hydrogen (secondary N) is 1. The third-order valence-corrected chi connectivity index (χ3v) is 6.99. The number of piperidine rings is 1. The summed E-state index contributed by atoms with van der Waals surface area (Å²) in [5, 5.41) is 26.9. The van der Waals surface area contributed by atoms with Gasteiger partial charge in [0.15, 0.2) is 0 Å². The van der Waals surface area contributed by atoms with E-state index in [1.807, 2.05) is 17.8 Å². The standard InChI is InChI=1S/C26H28N8O3/c1-16-13-29-25(32-22(16)18-2-3-21(23(28)35)17(12-18)4-9-27)31-19-14-30-34(15-19)20-5-10-33(11-6-20)24(36)26(37)7-8-26/h2-3,12-15,20,37H,4-8,10-11H2,1H3,(H2,28,35)(H,29,31,32). The topological polar surface area (TPSA) is 163 Å². The summed E-state index contributed by atoms with van der Waals surface area (Å²) < 4.78 is 1.89. The molecule has 2 fully saturated rings. The Kier molecular flexibility index (Phi) is 6.35. The van der Waals surface area contributed by atoms with Crippen LogP contribution in [0.2, 0.25) is 0 Å². The second kappa shape index (κ2) is 9.63. The van der Waals surface area contributed by atoms with E-state index >= 15 is 0 Å². The summed E-state index contributed by atoms with van der Waals surface area (Å²) in [7, 11) is 0. The van der Waals surface area contributed by atoms with E-state index in [-0.39, 0.29) is 18.4 Å². The minimum Gasteiger partial charge on any atom is -0.380 e. The van der Waals surface area contributed by atoms with E-state index in [1.54, 1.807) is 35.5 Å². The third-order valence-electron chi connectivity index (χ3n) is 6.99. The average molecular weight is 501 g/mol. The van der Waals surface area contributed by atoms with Gasteiger partial charge in [-0.05, 0) is 55.9 Å². The van der Waals surface area contributed by atoms with Gasteiger partial charge in [0.2, 0.25) is 11.9 Å². The van der Waals surface area contributed by atoms with Crippen LogP contribution in [0.25, 0.3) is 11.3 Å². The highest BCUT2D eigenvalue weighted by atomic mass is 16.3. The molecular formula is C26H28N8O3. The van der Waals surface area contributed by atoms with Gasteiger partial charge in [-0.1, -0.05) is 6.07 Å². The highest BCUT2D eigenvalue weighted by Gasteiger charge is 2.50. The molecule has 5 rings (SSSR count). The number of rotatable bonds is 7. The first kappa shape index (κ1) is 24.4. The van der Waals surface area contributed by atoms with Gasteiger partial charge in [-0.15, -0.1) is 0 Å². The number of carbonyl (C=O) groups is 2. The number of nitriles is 1. The van der Waals surface area contributed by atoms with Crippen molar-refractivity contribution in [1.82, 2.24) is 24.6 Å². The lowest BCUT2D eigenvalue weighted by atomic mass is 9.98. The molecule has 0 radical (unpaired) electrons. The minimum absolute atomic E-state index is 0.0640. The van der Waals surface area contributed by atoms with E-state index < -0.39 is 11.5 Å². The van der Waals surface area contributed by atoms with Crippen molar-refractivity contribution in [3.8, 4) is 17.3 Å². The van der Waals surface area contributed by atoms with Crippen LogP contribution >= 0.6 is 0 Å². The van der Waals surface area contributed by atoms with Gasteiger partial charge < -0.3 is 21.1 Å². The van der Waals surface area contributed by atoms with Crippen LogP contribution in [0.4, 0.5) is 11.6 Å². The molecule has 190 valence electrons. The van der Waals surface area contributed by atoms with Gasteiger partial charge in [-0.2, -0.15) is 10.4 Å². The third kappa shape index (κ3) is 5.01. The first-order chi connectivity index (χ1) is 17.8. The van der Waals surface area contributed by atoms with Crippen LogP contribution in [0, 0.1) is 18.3 Å². The smallest absolute Gasteiger partial charge is 0.254 e. The molecule has 0 atom stereocenters. The number of aliphatic hydroxyl groups is 1. The van der Waals surface area contributed by atoms with Crippen LogP contribution in [0.15, 0.2) is 36.8 Å². The highest BCUT2D eigenvalue weighted by Crippen LogP contribution is 2.38. The SMILES string of the molecule is Cc1cnc(Nc2cnn(C3CCN(C(=O)C4(O)CC4)CC3)c2)nc1-c1ccc(C(N)=O)c(CC#N)c1. The van der Waals surface area contributed by atoms with E-state index in [2.05, 4.69) is 26.5 Å². The van der Waals surface area contributed by atoms with Gasteiger partial charge in [0.05, 0.1) is 36.1 Å². The fourth-order valence-corrected chi connectivity index (χ4v) is 4.70. The van der Waals surface area contributed by atoms with Crippen molar-refractivity contribution >= 4 is 23.5 Å². The summed E-state index contributed by atoms with van der Waals surface area (Å²) in [6.45, 7) is 3.09. The Morgan fingerprint density at radius 3 is 2.70 bits per heavy atom. The quantitative estimate of drug-likeness (QED) is 0.445. The summed E-state index contributed by atoms with van der Waals surface area (Å²) in [6, 6.07) is 7.37. The van der Waals surface area contributed by atoms with E-state index in [0.29, 0.717) is 48.7 Å². The molecule has 3 heterocycles. The van der Waals surface area contributed by atoms with Gasteiger partial charge in [0.25, 0.3) is 5.91 Å². The number of benzene rings is 1. The molecule has 1 aromatic carbocycles. The predicted molar refractivity (Wildman–Crippen MR) is 135 cm³/mol. The molecule has 4 N–H and O–H groups in total. The van der Waals surface area contributed by atoms with Crippen molar-refractivity contribution in [3.63, 3.8) is 0 Å². The first-order valence-electron chi connectivity index (χ1n) is 12.2. The predicted octanol–water partition coefficient (Wildman–Crippen LogP) is 2.25. The molecule has 0 bridgehead atoms. The summed E-state index contributed by atoms with van der Waals surface area (Å²) in [6.07, 6.45) is 8.02. The molecule has 0 unspecified atom stereocenters. The van der Waals surface area contributed by atoms with Crippen molar-refractivity contribution in [2.45, 2.75) is 50.7 Å². The number of likely N-dealkylation sites (tertiary alicyclic amines) is 1. The number of nitrogens with two attached hydrogens (primary N) is 1. The summed E-state index contributed by atoms with van der Waals surface area (Å²) >= 11 is 0. The molecule has 3 aromatic rings. The number of aryl methyl sites for hydroxylation is 1. The van der Waals surface area contributed by atoms with E-state index in [1.165, 1.54) is 0 Å². The Labute approximate surface area is 213 Å². The maximum absolute atomic E-state index is 12.4. The van der Waals surface area contributed by atoms with Gasteiger partial charge in [0, 0.05) is 36.6 Å². The van der Waals surface area contributed by atoms with Crippen molar-refractivity contribution in [2.24, 2.45) is 5.73 Å². The summed E-state index contributed by atoms with van der Waals surface area (Å²) in [4.78, 5) is 34.9. The first-order valence-corrected chi connectivity index (χ1v) is 12.2. The van der Waals surface area contributed by atoms with Crippen LogP contribution in [-0.4, -0.2) is 60.3 Å². The fourth-order valence-electron chi connectivity index (χ4n) is 4.70. The minimum atomic E-state index is -1.12. The normalized spacial score (nSPS) is 16.7. The fraction of sp³-hybridized carbons (Fsp3) is 0.385. The summed E-state index contributed by atoms with van der Waals surface area (Å²) in [5.74, 6) is -0.336. The highest BCUT2D eigenvalue weighted by molar-refractivity contribution is 5.95. The number of amides is 2. The Morgan fingerprint density at radius 1 is 1.27 bits per heavy atom. The molecule has 1 saturated carbocycles. The molecule has 2 amide bonds. The van der Waals surface area contributed by atoms with Crippen molar-refractivity contribution < 1.29 is 14.7 Å². The lowest BCUT2D eigenvalue weighted by Gasteiger charge is -2.33. The molecular weight excluding hydrogens is 472 g/mol. The lowest BCUT2D eigenvalue weighted by Crippen LogP contribution is -2.45. The Balaban J connectivity index is 1.28. The number of aromatic nitrogens is 4. The number of nitrogens with zero attached hydrogens (tertiary/aromatic N) is 6. The number of primary amides is 1. The van der Waals surface area contributed by atoms with Gasteiger partial charge in [-0.25, -0.2) is 9.97 Å². The maximum Gasteiger partial charge on any atom is 0.254 e. The molecule has 0 spiro atoms. The van der Waals surface area contributed by atoms with Crippen LogP contribution in [0.5, 0.6) is 0 Å². The second-order valence-corrected chi connectivity index (χ2v) is 9.69. The number of hydrogen-bond acceptors (Lipinski definition) is 8. The van der Waals surface area contributed by atoms with E-state index in [0.717, 1.165) is 29.7 Å². The Hall–Kier alpha value is -4.30. The Morgan fingerprint density at radius 2 is 2.03 bits per heavy atom. The second-order valence-electron chi connectivity index (χ2n) is 9.69. The molecule has 1 aliphatic carbocycles. The van der Waals surface area contributed by atoms with Gasteiger partial charge in [-0.3, -0.25) is 14.3 Å². The molecule has 1 aliphatic heterocycles. The number of carbonyl (C=O) groups excluding carboxylic acids is 2. The number of anilines is 2. The van der Waals surface area contributed by atoms with Crippen molar-refractivity contribution in [1.29, 1.82) is 5.26 Å². The van der Waals surface area contributed by atoms with Crippen molar-refractivity contribution in [3.05, 3.63) is 53.5 Å². The zero-order valence-corrected chi connectivity index (χ0v) is 20.5. The molecule has 11 heteroatoms. The zero-order chi connectivity index (χ0) is 26.2. The van der Waals surface area contributed by atoms with Crippen LogP contribution in [-0.2, 0) is 11.2 Å². The monoisotopic (exact) mass is 500 g/mol. The maximum atomic E-state index is 12.4. The zero-order valence-electron chi connectivity index (χ0n) is 20.5. The van der Waals surface area contributed by atoms with Crippen LogP contribution in [0.3, 0.4) is 0 Å². The lowest BCUT2D eigenvalue weighted by molar-refractivity contribution is -0.143. The molecule has 2 aliphatic rings. The van der Waals surface area contributed by atoms with Crippen LogP contribution in [0.1, 0.15) is 53.2 Å². The largest absolute Gasteiger partial charge is 0.380 e. The number of hydrogen-bond donors (Lipinski definition) is 3. The summed E-state index contributed by atoms with van der Waals surface area (Å²) in [5.41, 5.74) is 8.21. The van der Waals surface area contributed by atoms with Gasteiger partial charge in [0.1, 0.15) is 5.60 Å². The van der Waals surface area contributed by atoms with Gasteiger partial charge >= 0.3 is 0 Å². The molecule has 37 heavy (non-hydrogen) atoms. The van der Waals surface area contributed by atoms with E-state index in [4.69, 9.17) is 11.0 Å². The average Bonchev–Trinajstić information content (AvgIpc) is 3.48. The van der Waals surface area contributed by atoms with Crippen LogP contribution < -0.4 is 11.1 Å². The molecule has 11 nitrogen and oxygen atoms in total. The Bertz CT molecular complexity index is 1400. The molecule has 1 saturated heterocycles. The van der Waals surface area contributed by atoms with Crippen molar-refractivity contribution in [2.75, 3.05) is 18.4 Å². The molecule has 2 aromatic heterocycles.